The number of hydrogen-bond acceptors (Lipinski definition) is 3. The summed E-state index contributed by atoms with van der Waals surface area (Å²) in [6, 6.07) is 9.28. The first kappa shape index (κ1) is 13.9. The molecule has 0 aromatic heterocycles. The van der Waals surface area contributed by atoms with Crippen molar-refractivity contribution in [2.75, 3.05) is 7.11 Å². The van der Waals surface area contributed by atoms with E-state index in [0.717, 1.165) is 18.4 Å². The highest BCUT2D eigenvalue weighted by Crippen LogP contribution is 2.38. The molecule has 1 N–H and O–H groups in total. The van der Waals surface area contributed by atoms with Crippen LogP contribution in [0.3, 0.4) is 0 Å². The average Bonchev–Trinajstić information content (AvgIpc) is 3.31. The van der Waals surface area contributed by atoms with E-state index in [1.54, 1.807) is 4.90 Å². The van der Waals surface area contributed by atoms with Gasteiger partial charge in [-0.05, 0) is 25.3 Å². The van der Waals surface area contributed by atoms with Crippen LogP contribution in [0.1, 0.15) is 31.4 Å². The second-order valence-corrected chi connectivity index (χ2v) is 5.77. The van der Waals surface area contributed by atoms with Crippen LogP contribution in [0.25, 0.3) is 0 Å². The maximum atomic E-state index is 12.4. The Morgan fingerprint density at radius 3 is 2.52 bits per heavy atom. The first-order valence-corrected chi connectivity index (χ1v) is 7.35. The van der Waals surface area contributed by atoms with Gasteiger partial charge in [-0.1, -0.05) is 30.3 Å². The Labute approximate surface area is 124 Å². The van der Waals surface area contributed by atoms with Crippen molar-refractivity contribution in [2.24, 2.45) is 5.92 Å². The van der Waals surface area contributed by atoms with Crippen molar-refractivity contribution in [1.82, 2.24) is 10.2 Å². The molecule has 1 aliphatic carbocycles. The third-order valence-electron chi connectivity index (χ3n) is 4.40. The molecule has 2 amide bonds. The zero-order valence-electron chi connectivity index (χ0n) is 12.3. The summed E-state index contributed by atoms with van der Waals surface area (Å²) in [6.07, 6.45) is 2.03. The number of benzene rings is 1. The van der Waals surface area contributed by atoms with E-state index >= 15 is 0 Å². The molecule has 1 saturated carbocycles. The quantitative estimate of drug-likeness (QED) is 0.866. The smallest absolute Gasteiger partial charge is 0.318 e. The van der Waals surface area contributed by atoms with Gasteiger partial charge in [0.25, 0.3) is 0 Å². The molecular weight excluding hydrogens is 268 g/mol. The van der Waals surface area contributed by atoms with Crippen LogP contribution < -0.4 is 5.32 Å². The van der Waals surface area contributed by atoms with Crippen molar-refractivity contribution in [3.05, 3.63) is 35.9 Å². The molecular formula is C16H20N2O3. The number of urea groups is 1. The van der Waals surface area contributed by atoms with E-state index < -0.39 is 5.92 Å². The van der Waals surface area contributed by atoms with Crippen molar-refractivity contribution in [3.8, 4) is 0 Å². The molecule has 0 radical (unpaired) electrons. The Kier molecular flexibility index (Phi) is 3.57. The van der Waals surface area contributed by atoms with E-state index in [-0.39, 0.29) is 30.1 Å². The summed E-state index contributed by atoms with van der Waals surface area (Å²) in [6.45, 7) is 1.94. The van der Waals surface area contributed by atoms with Gasteiger partial charge >= 0.3 is 12.0 Å². The van der Waals surface area contributed by atoms with E-state index in [2.05, 4.69) is 5.32 Å². The van der Waals surface area contributed by atoms with Gasteiger partial charge in [0.2, 0.25) is 0 Å². The molecule has 5 heteroatoms. The summed E-state index contributed by atoms with van der Waals surface area (Å²) >= 11 is 0. The summed E-state index contributed by atoms with van der Waals surface area (Å²) in [5.74, 6) is -0.669. The molecule has 112 valence electrons. The lowest BCUT2D eigenvalue weighted by atomic mass is 9.85. The highest BCUT2D eigenvalue weighted by atomic mass is 16.5. The van der Waals surface area contributed by atoms with Crippen LogP contribution >= 0.6 is 0 Å². The van der Waals surface area contributed by atoms with E-state index in [9.17, 15) is 9.59 Å². The van der Waals surface area contributed by atoms with Gasteiger partial charge in [-0.15, -0.1) is 0 Å². The maximum absolute atomic E-state index is 12.4. The van der Waals surface area contributed by atoms with Gasteiger partial charge in [-0.2, -0.15) is 0 Å². The van der Waals surface area contributed by atoms with E-state index in [1.807, 2.05) is 37.3 Å². The molecule has 1 saturated heterocycles. The summed E-state index contributed by atoms with van der Waals surface area (Å²) in [5, 5.41) is 2.99. The van der Waals surface area contributed by atoms with Crippen LogP contribution in [0, 0.1) is 5.92 Å². The molecule has 21 heavy (non-hydrogen) atoms. The first-order valence-electron chi connectivity index (χ1n) is 7.35. The largest absolute Gasteiger partial charge is 0.469 e. The van der Waals surface area contributed by atoms with Gasteiger partial charge in [-0.3, -0.25) is 4.79 Å². The molecule has 2 aliphatic rings. The monoisotopic (exact) mass is 288 g/mol. The number of carbonyl (C=O) groups excluding carboxylic acids is 2. The standard InChI is InChI=1S/C16H20N2O3/c1-10-13(15(19)21-2)14(11-6-4-3-5-7-11)17-16(20)18(10)12-8-9-12/h3-7,10,12-14H,8-9H2,1-2H3,(H,17,20)/t10-,13-,14+/m0/s1. The van der Waals surface area contributed by atoms with Gasteiger partial charge in [0, 0.05) is 12.1 Å². The number of methoxy groups -OCH3 is 1. The molecule has 1 aromatic carbocycles. The maximum Gasteiger partial charge on any atom is 0.318 e. The Morgan fingerprint density at radius 1 is 1.29 bits per heavy atom. The van der Waals surface area contributed by atoms with E-state index in [4.69, 9.17) is 4.74 Å². The Morgan fingerprint density at radius 2 is 1.95 bits per heavy atom. The second-order valence-electron chi connectivity index (χ2n) is 5.77. The summed E-state index contributed by atoms with van der Waals surface area (Å²) in [7, 11) is 1.40. The molecule has 0 unspecified atom stereocenters. The Balaban J connectivity index is 1.94. The molecule has 0 spiro atoms. The van der Waals surface area contributed by atoms with Crippen LogP contribution in [0.2, 0.25) is 0 Å². The van der Waals surface area contributed by atoms with Crippen LogP contribution in [-0.2, 0) is 9.53 Å². The minimum absolute atomic E-state index is 0.0843. The lowest BCUT2D eigenvalue weighted by molar-refractivity contribution is -0.149. The molecule has 1 heterocycles. The number of nitrogens with one attached hydrogen (secondary N) is 1. The van der Waals surface area contributed by atoms with Crippen LogP contribution in [0.4, 0.5) is 4.79 Å². The van der Waals surface area contributed by atoms with Gasteiger partial charge in [0.1, 0.15) is 5.92 Å². The Bertz CT molecular complexity index is 542. The van der Waals surface area contributed by atoms with Crippen LogP contribution in [0.15, 0.2) is 30.3 Å². The minimum atomic E-state index is -0.393. The summed E-state index contributed by atoms with van der Waals surface area (Å²) in [5.41, 5.74) is 0.934. The van der Waals surface area contributed by atoms with Crippen molar-refractivity contribution >= 4 is 12.0 Å². The van der Waals surface area contributed by atoms with Crippen molar-refractivity contribution < 1.29 is 14.3 Å². The third-order valence-corrected chi connectivity index (χ3v) is 4.40. The van der Waals surface area contributed by atoms with E-state index in [1.165, 1.54) is 7.11 Å². The number of ether oxygens (including phenoxy) is 1. The molecule has 3 rings (SSSR count). The molecule has 3 atom stereocenters. The first-order chi connectivity index (χ1) is 10.1. The summed E-state index contributed by atoms with van der Waals surface area (Å²) in [4.78, 5) is 26.5. The fraction of sp³-hybridized carbons (Fsp3) is 0.500. The predicted molar refractivity (Wildman–Crippen MR) is 77.5 cm³/mol. The number of hydrogen-bond donors (Lipinski definition) is 1. The molecule has 0 bridgehead atoms. The van der Waals surface area contributed by atoms with Crippen molar-refractivity contribution in [3.63, 3.8) is 0 Å². The van der Waals surface area contributed by atoms with Crippen molar-refractivity contribution in [2.45, 2.75) is 37.9 Å². The zero-order chi connectivity index (χ0) is 15.0. The highest BCUT2D eigenvalue weighted by Gasteiger charge is 2.49. The van der Waals surface area contributed by atoms with Gasteiger partial charge < -0.3 is 15.0 Å². The molecule has 1 aliphatic heterocycles. The Hall–Kier alpha value is -2.04. The van der Waals surface area contributed by atoms with Gasteiger partial charge in [0.05, 0.1) is 13.2 Å². The van der Waals surface area contributed by atoms with Crippen LogP contribution in [0.5, 0.6) is 0 Å². The predicted octanol–water partition coefficient (Wildman–Crippen LogP) is 2.09. The normalized spacial score (nSPS) is 29.0. The highest BCUT2D eigenvalue weighted by molar-refractivity contribution is 5.82. The number of carbonyl (C=O) groups is 2. The molecule has 2 fully saturated rings. The van der Waals surface area contributed by atoms with Crippen molar-refractivity contribution in [1.29, 1.82) is 0 Å². The van der Waals surface area contributed by atoms with Gasteiger partial charge in [-0.25, -0.2) is 4.79 Å². The average molecular weight is 288 g/mol. The third kappa shape index (κ3) is 2.48. The second kappa shape index (κ2) is 5.39. The van der Waals surface area contributed by atoms with Crippen LogP contribution in [-0.4, -0.2) is 36.1 Å². The lowest BCUT2D eigenvalue weighted by Crippen LogP contribution is -2.60. The number of amides is 2. The fourth-order valence-corrected chi connectivity index (χ4v) is 3.21. The molecule has 5 nitrogen and oxygen atoms in total. The van der Waals surface area contributed by atoms with E-state index in [0.29, 0.717) is 0 Å². The summed E-state index contributed by atoms with van der Waals surface area (Å²) < 4.78 is 4.98. The minimum Gasteiger partial charge on any atom is -0.469 e. The topological polar surface area (TPSA) is 58.6 Å². The fourth-order valence-electron chi connectivity index (χ4n) is 3.21. The number of rotatable bonds is 3. The zero-order valence-corrected chi connectivity index (χ0v) is 12.3. The SMILES string of the molecule is COC(=O)[C@@H]1[C@@H](c2ccccc2)NC(=O)N(C2CC2)[C@H]1C. The lowest BCUT2D eigenvalue weighted by Gasteiger charge is -2.43. The number of esters is 1. The number of nitrogens with zero attached hydrogens (tertiary/aromatic N) is 1. The van der Waals surface area contributed by atoms with Gasteiger partial charge in [0.15, 0.2) is 0 Å². The molecule has 1 aromatic rings.